The lowest BCUT2D eigenvalue weighted by atomic mass is 10.1. The van der Waals surface area contributed by atoms with Crippen molar-refractivity contribution in [2.75, 3.05) is 19.4 Å². The highest BCUT2D eigenvalue weighted by molar-refractivity contribution is 7.80. The summed E-state index contributed by atoms with van der Waals surface area (Å²) in [5, 5.41) is 69.8. The summed E-state index contributed by atoms with van der Waals surface area (Å²) < 4.78 is 10.8. The van der Waals surface area contributed by atoms with E-state index in [4.69, 9.17) is 25.1 Å². The molecule has 0 aliphatic heterocycles. The molecular formula is C26H30N3O13S+. The van der Waals surface area contributed by atoms with E-state index in [2.05, 4.69) is 23.3 Å². The molecular weight excluding hydrogens is 594 g/mol. The predicted octanol–water partition coefficient (Wildman–Crippen LogP) is 0.711. The number of nitrogens with one attached hydrogen (secondary N) is 2. The van der Waals surface area contributed by atoms with E-state index in [1.165, 1.54) is 31.4 Å². The molecule has 0 spiro atoms. The number of carbonyl (C=O) groups excluding carboxylic acids is 2. The van der Waals surface area contributed by atoms with Gasteiger partial charge < -0.3 is 56.8 Å². The van der Waals surface area contributed by atoms with E-state index in [1.807, 2.05) is 0 Å². The molecule has 16 nitrogen and oxygen atoms in total. The zero-order valence-electron chi connectivity index (χ0n) is 22.5. The standard InChI is InChI=1S/C16H12O7.C10H17N3O6S/c1-22-14-6-9-10(18)4-8(17)5-13(9)23-16(14)7-2-11(19)15(21)12(20)3-7;11-5(10(18)19)1-2-7(14)13-6(4-20)9(17)12-3-8(15)16/h2-6H,1H3,(H4-,17,18,19,20,21);5-6,20H,1-4,11H2,(H,12,17)(H,13,14)(H,15,16)(H,18,19)/p+1/t;5-,6-/m.0/s1. The Bertz CT molecular complexity index is 1490. The second kappa shape index (κ2) is 15.2. The normalized spacial score (nSPS) is 11.9. The zero-order chi connectivity index (χ0) is 32.4. The van der Waals surface area contributed by atoms with Gasteiger partial charge in [-0.2, -0.15) is 12.6 Å². The van der Waals surface area contributed by atoms with Gasteiger partial charge in [0.05, 0.1) is 18.7 Å². The number of benzene rings is 2. The number of fused-ring (bicyclic) bond motifs is 1. The molecule has 0 aliphatic rings. The van der Waals surface area contributed by atoms with Gasteiger partial charge in [-0.1, -0.05) is 0 Å². The molecule has 0 radical (unpaired) electrons. The largest absolute Gasteiger partial charge is 0.507 e. The molecule has 17 heteroatoms. The number of phenols is 5. The summed E-state index contributed by atoms with van der Waals surface area (Å²) in [6.45, 7) is -0.567. The summed E-state index contributed by atoms with van der Waals surface area (Å²) in [5.41, 5.74) is 5.64. The van der Waals surface area contributed by atoms with Gasteiger partial charge in [-0.15, -0.1) is 0 Å². The number of carbonyl (C=O) groups is 4. The van der Waals surface area contributed by atoms with Crippen molar-refractivity contribution >= 4 is 47.4 Å². The van der Waals surface area contributed by atoms with Crippen LogP contribution in [0.1, 0.15) is 12.8 Å². The van der Waals surface area contributed by atoms with E-state index in [1.54, 1.807) is 0 Å². The minimum atomic E-state index is -1.22. The molecule has 1 aromatic heterocycles. The number of amides is 2. The lowest BCUT2D eigenvalue weighted by Crippen LogP contribution is -2.49. The average molecular weight is 625 g/mol. The van der Waals surface area contributed by atoms with Crippen molar-refractivity contribution in [1.29, 1.82) is 0 Å². The van der Waals surface area contributed by atoms with E-state index in [9.17, 15) is 44.7 Å². The summed E-state index contributed by atoms with van der Waals surface area (Å²) in [6, 6.07) is 4.18. The van der Waals surface area contributed by atoms with Crippen LogP contribution >= 0.6 is 12.6 Å². The van der Waals surface area contributed by atoms with Crippen molar-refractivity contribution in [3.8, 4) is 45.8 Å². The molecule has 232 valence electrons. The Balaban J connectivity index is 0.000000304. The summed E-state index contributed by atoms with van der Waals surface area (Å²) in [4.78, 5) is 43.7. The van der Waals surface area contributed by atoms with Gasteiger partial charge in [-0.05, 0) is 6.42 Å². The van der Waals surface area contributed by atoms with Crippen LogP contribution in [-0.4, -0.2) is 91.0 Å². The summed E-state index contributed by atoms with van der Waals surface area (Å²) in [7, 11) is 1.39. The number of rotatable bonds is 11. The van der Waals surface area contributed by atoms with Crippen molar-refractivity contribution in [3.63, 3.8) is 0 Å². The van der Waals surface area contributed by atoms with Gasteiger partial charge in [0.1, 0.15) is 35.5 Å². The van der Waals surface area contributed by atoms with E-state index in [0.717, 1.165) is 6.07 Å². The molecule has 0 fully saturated rings. The third-order valence-electron chi connectivity index (χ3n) is 5.62. The number of hydrogen-bond donors (Lipinski definition) is 11. The number of aliphatic carboxylic acids is 2. The first kappa shape index (κ1) is 34.0. The highest BCUT2D eigenvalue weighted by Gasteiger charge is 2.27. The Morgan fingerprint density at radius 3 is 2.14 bits per heavy atom. The van der Waals surface area contributed by atoms with Crippen LogP contribution in [0.3, 0.4) is 0 Å². The minimum absolute atomic E-state index is 0.0256. The second-order valence-corrected chi connectivity index (χ2v) is 9.15. The highest BCUT2D eigenvalue weighted by atomic mass is 32.1. The first-order valence-electron chi connectivity index (χ1n) is 12.2. The van der Waals surface area contributed by atoms with Gasteiger partial charge in [-0.3, -0.25) is 19.2 Å². The fraction of sp³-hybridized carbons (Fsp3) is 0.269. The molecule has 0 saturated carbocycles. The van der Waals surface area contributed by atoms with E-state index >= 15 is 0 Å². The topological polar surface area (TPSA) is 280 Å². The van der Waals surface area contributed by atoms with Gasteiger partial charge in [0.15, 0.2) is 17.2 Å². The Morgan fingerprint density at radius 1 is 0.977 bits per heavy atom. The number of ether oxygens (including phenoxy) is 1. The van der Waals surface area contributed by atoms with E-state index < -0.39 is 59.6 Å². The number of phenolic OH excluding ortho intramolecular Hbond substituents is 5. The molecule has 0 aliphatic carbocycles. The van der Waals surface area contributed by atoms with Crippen molar-refractivity contribution in [2.24, 2.45) is 5.73 Å². The summed E-state index contributed by atoms with van der Waals surface area (Å²) >= 11 is 3.87. The van der Waals surface area contributed by atoms with Crippen molar-refractivity contribution in [2.45, 2.75) is 24.9 Å². The molecule has 3 rings (SSSR count). The Labute approximate surface area is 248 Å². The third-order valence-corrected chi connectivity index (χ3v) is 5.98. The molecule has 2 atom stereocenters. The van der Waals surface area contributed by atoms with E-state index in [-0.39, 0.29) is 52.7 Å². The number of nitrogens with two attached hydrogens (primary N) is 1. The highest BCUT2D eigenvalue weighted by Crippen LogP contribution is 2.43. The van der Waals surface area contributed by atoms with Crippen LogP contribution in [0.4, 0.5) is 0 Å². The number of carboxylic acids is 2. The monoisotopic (exact) mass is 624 g/mol. The average Bonchev–Trinajstić information content (AvgIpc) is 2.95. The smallest absolute Gasteiger partial charge is 0.402 e. The van der Waals surface area contributed by atoms with Gasteiger partial charge in [0.2, 0.25) is 17.6 Å². The maximum absolute atomic E-state index is 11.5. The Hall–Kier alpha value is -5.16. The molecule has 3 aromatic rings. The van der Waals surface area contributed by atoms with Crippen LogP contribution in [0.25, 0.3) is 22.3 Å². The van der Waals surface area contributed by atoms with E-state index in [0.29, 0.717) is 5.39 Å². The van der Waals surface area contributed by atoms with Crippen LogP contribution in [-0.2, 0) is 19.2 Å². The second-order valence-electron chi connectivity index (χ2n) is 8.78. The molecule has 0 unspecified atom stereocenters. The predicted molar refractivity (Wildman–Crippen MR) is 152 cm³/mol. The number of thiol groups is 1. The maximum atomic E-state index is 11.5. The minimum Gasteiger partial charge on any atom is -0.507 e. The molecule has 1 heterocycles. The molecule has 0 saturated heterocycles. The van der Waals surface area contributed by atoms with Crippen molar-refractivity contribution in [3.05, 3.63) is 30.3 Å². The lowest BCUT2D eigenvalue weighted by Gasteiger charge is -2.16. The summed E-state index contributed by atoms with van der Waals surface area (Å²) in [5.74, 6) is -5.43. The number of methoxy groups -OCH3 is 1. The van der Waals surface area contributed by atoms with Gasteiger partial charge >= 0.3 is 23.3 Å². The number of carboxylic acid groups (broad SMARTS) is 2. The maximum Gasteiger partial charge on any atom is 0.402 e. The molecule has 43 heavy (non-hydrogen) atoms. The molecule has 0 bridgehead atoms. The molecule has 2 amide bonds. The van der Waals surface area contributed by atoms with Crippen LogP contribution in [0.2, 0.25) is 0 Å². The SMILES string of the molecule is COc1cc2c(O)cc(O)cc2[o+]c1-c1cc(O)c(O)c(O)c1.N[C@@H](CCC(=O)N[C@@H](CS)C(=O)NCC(=O)O)C(=O)O. The molecule has 2 aromatic carbocycles. The first-order valence-corrected chi connectivity index (χ1v) is 12.8. The molecule has 11 N–H and O–H groups in total. The fourth-order valence-corrected chi connectivity index (χ4v) is 3.69. The zero-order valence-corrected chi connectivity index (χ0v) is 23.4. The van der Waals surface area contributed by atoms with Crippen molar-refractivity contribution in [1.82, 2.24) is 10.6 Å². The van der Waals surface area contributed by atoms with Crippen LogP contribution in [0.5, 0.6) is 34.5 Å². The van der Waals surface area contributed by atoms with Gasteiger partial charge in [0, 0.05) is 36.4 Å². The summed E-state index contributed by atoms with van der Waals surface area (Å²) in [6.07, 6.45) is -0.235. The third kappa shape index (κ3) is 9.44. The lowest BCUT2D eigenvalue weighted by molar-refractivity contribution is -0.139. The van der Waals surface area contributed by atoms with Crippen LogP contribution in [0.15, 0.2) is 34.7 Å². The quantitative estimate of drug-likeness (QED) is 0.0796. The first-order chi connectivity index (χ1) is 20.2. The van der Waals surface area contributed by atoms with Gasteiger partial charge in [-0.25, -0.2) is 4.42 Å². The van der Waals surface area contributed by atoms with Gasteiger partial charge in [0.25, 0.3) is 0 Å². The number of hydrogen-bond acceptors (Lipinski definition) is 12. The Kier molecular flexibility index (Phi) is 12.0. The fourth-order valence-electron chi connectivity index (χ4n) is 3.43. The van der Waals surface area contributed by atoms with Crippen LogP contribution in [0, 0.1) is 0 Å². The van der Waals surface area contributed by atoms with Crippen molar-refractivity contribution < 1.29 is 64.1 Å². The Morgan fingerprint density at radius 2 is 1.60 bits per heavy atom. The van der Waals surface area contributed by atoms with Crippen LogP contribution < -0.4 is 21.1 Å². The number of aromatic hydroxyl groups is 5.